The second-order valence-electron chi connectivity index (χ2n) is 8.17. The van der Waals surface area contributed by atoms with Crippen LogP contribution in [0.1, 0.15) is 54.4 Å². The Bertz CT molecular complexity index is 921. The van der Waals surface area contributed by atoms with E-state index >= 15 is 0 Å². The molecule has 0 fully saturated rings. The van der Waals surface area contributed by atoms with Crippen molar-refractivity contribution in [3.63, 3.8) is 0 Å². The Morgan fingerprint density at radius 3 is 1.97 bits per heavy atom. The van der Waals surface area contributed by atoms with E-state index < -0.39 is 0 Å². The molecule has 0 atom stereocenters. The van der Waals surface area contributed by atoms with Gasteiger partial charge in [-0.2, -0.15) is 0 Å². The number of aryl methyl sites for hydroxylation is 4. The standard InChI is InChI=1S/C27H33N3O/c1-22-10-6-11-23(2)27(22)30(19-5-3-4-12-24-14-8-17-28-20-24)26(31)16-7-13-25-15-9-18-29-21-25/h6,8-11,14-15,17-18,20-21H,3-5,7,12-13,16,19H2,1-2H3. The number of nitrogens with zero attached hydrogens (tertiary/aromatic N) is 3. The first-order valence-corrected chi connectivity index (χ1v) is 11.3. The number of anilines is 1. The van der Waals surface area contributed by atoms with E-state index in [1.807, 2.05) is 35.6 Å². The minimum absolute atomic E-state index is 0.216. The van der Waals surface area contributed by atoms with Gasteiger partial charge in [0.25, 0.3) is 0 Å². The quantitative estimate of drug-likeness (QED) is 0.368. The molecule has 1 aromatic carbocycles. The molecule has 0 aliphatic carbocycles. The van der Waals surface area contributed by atoms with Crippen molar-refractivity contribution < 1.29 is 4.79 Å². The number of pyridine rings is 2. The summed E-state index contributed by atoms with van der Waals surface area (Å²) in [6.45, 7) is 4.96. The topological polar surface area (TPSA) is 46.1 Å². The predicted octanol–water partition coefficient (Wildman–Crippen LogP) is 5.86. The number of amides is 1. The summed E-state index contributed by atoms with van der Waals surface area (Å²) in [5, 5.41) is 0. The van der Waals surface area contributed by atoms with Gasteiger partial charge in [0.2, 0.25) is 5.91 Å². The van der Waals surface area contributed by atoms with Crippen LogP contribution in [0.4, 0.5) is 5.69 Å². The van der Waals surface area contributed by atoms with Crippen molar-refractivity contribution in [3.8, 4) is 0 Å². The normalized spacial score (nSPS) is 10.8. The highest BCUT2D eigenvalue weighted by molar-refractivity contribution is 5.94. The maximum absolute atomic E-state index is 13.2. The molecule has 0 aliphatic rings. The largest absolute Gasteiger partial charge is 0.312 e. The van der Waals surface area contributed by atoms with Crippen LogP contribution in [0.15, 0.2) is 67.3 Å². The van der Waals surface area contributed by atoms with Crippen molar-refractivity contribution in [1.82, 2.24) is 9.97 Å². The minimum Gasteiger partial charge on any atom is -0.312 e. The van der Waals surface area contributed by atoms with Crippen LogP contribution < -0.4 is 4.90 Å². The number of aromatic nitrogens is 2. The molecule has 0 aliphatic heterocycles. The van der Waals surface area contributed by atoms with E-state index in [9.17, 15) is 4.79 Å². The molecule has 3 aromatic rings. The lowest BCUT2D eigenvalue weighted by molar-refractivity contribution is -0.118. The number of hydrogen-bond acceptors (Lipinski definition) is 3. The van der Waals surface area contributed by atoms with Gasteiger partial charge in [0.1, 0.15) is 0 Å². The average Bonchev–Trinajstić information content (AvgIpc) is 2.79. The summed E-state index contributed by atoms with van der Waals surface area (Å²) in [5.41, 5.74) is 5.87. The predicted molar refractivity (Wildman–Crippen MR) is 127 cm³/mol. The summed E-state index contributed by atoms with van der Waals surface area (Å²) in [7, 11) is 0. The number of para-hydroxylation sites is 1. The van der Waals surface area contributed by atoms with Gasteiger partial charge in [-0.1, -0.05) is 36.8 Å². The van der Waals surface area contributed by atoms with Gasteiger partial charge in [-0.25, -0.2) is 0 Å². The molecule has 2 heterocycles. The van der Waals surface area contributed by atoms with Gasteiger partial charge in [-0.15, -0.1) is 0 Å². The highest BCUT2D eigenvalue weighted by Crippen LogP contribution is 2.26. The fraction of sp³-hybridized carbons (Fsp3) is 0.370. The number of rotatable bonds is 11. The fourth-order valence-electron chi connectivity index (χ4n) is 4.04. The van der Waals surface area contributed by atoms with E-state index in [-0.39, 0.29) is 5.91 Å². The summed E-state index contributed by atoms with van der Waals surface area (Å²) >= 11 is 0. The lowest BCUT2D eigenvalue weighted by Gasteiger charge is -2.26. The van der Waals surface area contributed by atoms with Crippen molar-refractivity contribution >= 4 is 11.6 Å². The molecular formula is C27H33N3O. The van der Waals surface area contributed by atoms with Crippen LogP contribution >= 0.6 is 0 Å². The van der Waals surface area contributed by atoms with Crippen molar-refractivity contribution in [2.24, 2.45) is 0 Å². The lowest BCUT2D eigenvalue weighted by atomic mass is 10.0. The van der Waals surface area contributed by atoms with E-state index in [4.69, 9.17) is 0 Å². The van der Waals surface area contributed by atoms with Gasteiger partial charge in [0, 0.05) is 43.4 Å². The SMILES string of the molecule is Cc1cccc(C)c1N(CCCCCc1cccnc1)C(=O)CCCc1cccnc1. The molecule has 0 N–H and O–H groups in total. The van der Waals surface area contributed by atoms with Gasteiger partial charge >= 0.3 is 0 Å². The van der Waals surface area contributed by atoms with Gasteiger partial charge < -0.3 is 4.90 Å². The number of carbonyl (C=O) groups is 1. The Morgan fingerprint density at radius 2 is 1.39 bits per heavy atom. The Labute approximate surface area is 186 Å². The highest BCUT2D eigenvalue weighted by atomic mass is 16.2. The molecular weight excluding hydrogens is 382 g/mol. The Kier molecular flexibility index (Phi) is 8.77. The van der Waals surface area contributed by atoms with Gasteiger partial charge in [0.05, 0.1) is 0 Å². The van der Waals surface area contributed by atoms with Gasteiger partial charge in [-0.05, 0) is 80.3 Å². The first kappa shape index (κ1) is 22.7. The van der Waals surface area contributed by atoms with Crippen molar-refractivity contribution in [1.29, 1.82) is 0 Å². The molecule has 2 aromatic heterocycles. The summed E-state index contributed by atoms with van der Waals surface area (Å²) in [6.07, 6.45) is 13.9. The van der Waals surface area contributed by atoms with Crippen molar-refractivity contribution in [2.45, 2.75) is 58.8 Å². The van der Waals surface area contributed by atoms with E-state index in [1.54, 1.807) is 6.20 Å². The molecule has 0 bridgehead atoms. The van der Waals surface area contributed by atoms with Crippen LogP contribution in [-0.4, -0.2) is 22.4 Å². The molecule has 0 radical (unpaired) electrons. The second kappa shape index (κ2) is 12.0. The molecule has 31 heavy (non-hydrogen) atoms. The molecule has 0 unspecified atom stereocenters. The molecule has 4 nitrogen and oxygen atoms in total. The van der Waals surface area contributed by atoms with E-state index in [2.05, 4.69) is 54.1 Å². The number of carbonyl (C=O) groups excluding carboxylic acids is 1. The third-order valence-electron chi connectivity index (χ3n) is 5.66. The smallest absolute Gasteiger partial charge is 0.227 e. The molecule has 0 saturated heterocycles. The van der Waals surface area contributed by atoms with E-state index in [1.165, 1.54) is 11.1 Å². The number of hydrogen-bond donors (Lipinski definition) is 0. The lowest BCUT2D eigenvalue weighted by Crippen LogP contribution is -2.33. The van der Waals surface area contributed by atoms with Crippen LogP contribution in [0.2, 0.25) is 0 Å². The number of unbranched alkanes of at least 4 members (excludes halogenated alkanes) is 2. The second-order valence-corrected chi connectivity index (χ2v) is 8.17. The number of benzene rings is 1. The van der Waals surface area contributed by atoms with Crippen molar-refractivity contribution in [2.75, 3.05) is 11.4 Å². The fourth-order valence-corrected chi connectivity index (χ4v) is 4.04. The van der Waals surface area contributed by atoms with Crippen molar-refractivity contribution in [3.05, 3.63) is 89.5 Å². The van der Waals surface area contributed by atoms with Gasteiger partial charge in [0.15, 0.2) is 0 Å². The zero-order valence-electron chi connectivity index (χ0n) is 18.8. The summed E-state index contributed by atoms with van der Waals surface area (Å²) in [4.78, 5) is 23.6. The molecule has 4 heteroatoms. The maximum Gasteiger partial charge on any atom is 0.227 e. The highest BCUT2D eigenvalue weighted by Gasteiger charge is 2.18. The summed E-state index contributed by atoms with van der Waals surface area (Å²) in [5.74, 6) is 0.216. The van der Waals surface area contributed by atoms with Gasteiger partial charge in [-0.3, -0.25) is 14.8 Å². The van der Waals surface area contributed by atoms with Crippen LogP contribution in [0.5, 0.6) is 0 Å². The molecule has 3 rings (SSSR count). The third kappa shape index (κ3) is 7.02. The Balaban J connectivity index is 1.57. The first-order chi connectivity index (χ1) is 15.1. The zero-order valence-corrected chi connectivity index (χ0v) is 18.8. The zero-order chi connectivity index (χ0) is 21.9. The Morgan fingerprint density at radius 1 is 0.774 bits per heavy atom. The monoisotopic (exact) mass is 415 g/mol. The first-order valence-electron chi connectivity index (χ1n) is 11.3. The van der Waals surface area contributed by atoms with Crippen LogP contribution in [-0.2, 0) is 17.6 Å². The van der Waals surface area contributed by atoms with E-state index in [0.29, 0.717) is 6.42 Å². The minimum atomic E-state index is 0.216. The Hall–Kier alpha value is -3.01. The summed E-state index contributed by atoms with van der Waals surface area (Å²) in [6, 6.07) is 14.4. The van der Waals surface area contributed by atoms with Crippen LogP contribution in [0.3, 0.4) is 0 Å². The maximum atomic E-state index is 13.2. The third-order valence-corrected chi connectivity index (χ3v) is 5.66. The van der Waals surface area contributed by atoms with Crippen LogP contribution in [0, 0.1) is 13.8 Å². The molecule has 0 spiro atoms. The molecule has 1 amide bonds. The van der Waals surface area contributed by atoms with Crippen LogP contribution in [0.25, 0.3) is 0 Å². The average molecular weight is 416 g/mol. The molecule has 162 valence electrons. The van der Waals surface area contributed by atoms with E-state index in [0.717, 1.165) is 61.9 Å². The molecule has 0 saturated carbocycles. The summed E-state index contributed by atoms with van der Waals surface area (Å²) < 4.78 is 0.